The molecule has 1 aliphatic carbocycles. The van der Waals surface area contributed by atoms with E-state index in [1.54, 1.807) is 0 Å². The maximum atomic E-state index is 5.47. The van der Waals surface area contributed by atoms with Gasteiger partial charge in [0.1, 0.15) is 0 Å². The zero-order chi connectivity index (χ0) is 12.5. The number of nitrogens with zero attached hydrogens (tertiary/aromatic N) is 1. The molecule has 0 aliphatic heterocycles. The Morgan fingerprint density at radius 3 is 2.83 bits per heavy atom. The highest BCUT2D eigenvalue weighted by Gasteiger charge is 2.15. The van der Waals surface area contributed by atoms with Gasteiger partial charge in [0, 0.05) is 10.1 Å². The molecule has 1 saturated carbocycles. The van der Waals surface area contributed by atoms with Gasteiger partial charge in [0.05, 0.1) is 11.0 Å². The van der Waals surface area contributed by atoms with Crippen molar-refractivity contribution in [3.8, 4) is 0 Å². The molecule has 1 heterocycles. The fourth-order valence-electron chi connectivity index (χ4n) is 2.95. The van der Waals surface area contributed by atoms with Crippen molar-refractivity contribution in [3.63, 3.8) is 0 Å². The summed E-state index contributed by atoms with van der Waals surface area (Å²) in [6.07, 6.45) is 6.90. The van der Waals surface area contributed by atoms with Gasteiger partial charge in [-0.1, -0.05) is 19.3 Å². The maximum absolute atomic E-state index is 5.47. The Balaban J connectivity index is 1.95. The van der Waals surface area contributed by atoms with Crippen molar-refractivity contribution in [1.29, 1.82) is 0 Å². The van der Waals surface area contributed by atoms with Gasteiger partial charge in [-0.2, -0.15) is 0 Å². The molecule has 96 valence electrons. The lowest BCUT2D eigenvalue weighted by Gasteiger charge is -2.22. The van der Waals surface area contributed by atoms with Gasteiger partial charge in [-0.15, -0.1) is 0 Å². The smallest absolute Gasteiger partial charge is 0.178 e. The number of hydrogen-bond donors (Lipinski definition) is 1. The number of aromatic amines is 1. The monoisotopic (exact) mass is 372 g/mol. The highest BCUT2D eigenvalue weighted by atomic mass is 127. The van der Waals surface area contributed by atoms with Gasteiger partial charge >= 0.3 is 0 Å². The van der Waals surface area contributed by atoms with Crippen molar-refractivity contribution < 1.29 is 0 Å². The Bertz CT molecular complexity index is 608. The zero-order valence-corrected chi connectivity index (χ0v) is 13.3. The molecule has 1 fully saturated rings. The lowest BCUT2D eigenvalue weighted by molar-refractivity contribution is 0.321. The van der Waals surface area contributed by atoms with Crippen LogP contribution in [0.4, 0.5) is 0 Å². The summed E-state index contributed by atoms with van der Waals surface area (Å²) >= 11 is 7.81. The van der Waals surface area contributed by atoms with Gasteiger partial charge in [-0.05, 0) is 71.8 Å². The Hall–Kier alpha value is -0.360. The van der Waals surface area contributed by atoms with E-state index in [0.717, 1.165) is 17.2 Å². The van der Waals surface area contributed by atoms with E-state index < -0.39 is 0 Å². The van der Waals surface area contributed by atoms with Crippen molar-refractivity contribution in [3.05, 3.63) is 26.5 Å². The van der Waals surface area contributed by atoms with Crippen LogP contribution in [0.2, 0.25) is 0 Å². The van der Waals surface area contributed by atoms with Crippen LogP contribution in [-0.2, 0) is 6.54 Å². The van der Waals surface area contributed by atoms with Crippen LogP contribution in [0.25, 0.3) is 11.0 Å². The van der Waals surface area contributed by atoms with Gasteiger partial charge < -0.3 is 9.55 Å². The standard InChI is InChI=1S/C14H17IN2S/c15-11-6-7-13-12(8-11)16-14(18)17(13)9-10-4-2-1-3-5-10/h6-8,10H,1-5,9H2,(H,16,18). The Labute approximate surface area is 126 Å². The zero-order valence-electron chi connectivity index (χ0n) is 10.3. The van der Waals surface area contributed by atoms with E-state index in [0.29, 0.717) is 0 Å². The normalized spacial score (nSPS) is 17.4. The summed E-state index contributed by atoms with van der Waals surface area (Å²) in [6.45, 7) is 1.08. The highest BCUT2D eigenvalue weighted by molar-refractivity contribution is 14.1. The summed E-state index contributed by atoms with van der Waals surface area (Å²) in [4.78, 5) is 3.33. The third kappa shape index (κ3) is 2.50. The number of halogens is 1. The Kier molecular flexibility index (Phi) is 3.75. The third-order valence-electron chi connectivity index (χ3n) is 3.90. The van der Waals surface area contributed by atoms with E-state index in [9.17, 15) is 0 Å². The molecule has 0 radical (unpaired) electrons. The first-order valence-electron chi connectivity index (χ1n) is 6.62. The van der Waals surface area contributed by atoms with Crippen molar-refractivity contribution in [2.75, 3.05) is 0 Å². The number of nitrogens with one attached hydrogen (secondary N) is 1. The minimum absolute atomic E-state index is 0.809. The molecule has 0 spiro atoms. The Morgan fingerprint density at radius 1 is 1.28 bits per heavy atom. The third-order valence-corrected chi connectivity index (χ3v) is 4.90. The van der Waals surface area contributed by atoms with Gasteiger partial charge in [-0.3, -0.25) is 0 Å². The number of imidazole rings is 1. The van der Waals surface area contributed by atoms with Crippen molar-refractivity contribution in [2.24, 2.45) is 5.92 Å². The summed E-state index contributed by atoms with van der Waals surface area (Å²) in [5.74, 6) is 0.809. The van der Waals surface area contributed by atoms with E-state index in [4.69, 9.17) is 12.2 Å². The molecule has 1 aromatic carbocycles. The first-order chi connectivity index (χ1) is 8.74. The second-order valence-corrected chi connectivity index (χ2v) is 6.84. The maximum Gasteiger partial charge on any atom is 0.178 e. The summed E-state index contributed by atoms with van der Waals surface area (Å²) in [5.41, 5.74) is 2.42. The van der Waals surface area contributed by atoms with Gasteiger partial charge in [0.15, 0.2) is 4.77 Å². The van der Waals surface area contributed by atoms with Crippen molar-refractivity contribution >= 4 is 45.8 Å². The van der Waals surface area contributed by atoms with Gasteiger partial charge in [0.2, 0.25) is 0 Å². The first kappa shape index (κ1) is 12.7. The molecule has 1 aliphatic rings. The molecule has 3 rings (SSSR count). The van der Waals surface area contributed by atoms with Crippen LogP contribution >= 0.6 is 34.8 Å². The molecule has 2 nitrogen and oxygen atoms in total. The number of H-pyrrole nitrogens is 1. The molecular formula is C14H17IN2S. The van der Waals surface area contributed by atoms with Gasteiger partial charge in [0.25, 0.3) is 0 Å². The number of benzene rings is 1. The second kappa shape index (κ2) is 5.33. The molecule has 0 unspecified atom stereocenters. The number of aromatic nitrogens is 2. The Morgan fingerprint density at radius 2 is 2.06 bits per heavy atom. The largest absolute Gasteiger partial charge is 0.331 e. The molecular weight excluding hydrogens is 355 g/mol. The summed E-state index contributed by atoms with van der Waals surface area (Å²) < 4.78 is 4.41. The summed E-state index contributed by atoms with van der Waals surface area (Å²) in [6, 6.07) is 6.51. The van der Waals surface area contributed by atoms with Crippen LogP contribution in [0.15, 0.2) is 18.2 Å². The fraction of sp³-hybridized carbons (Fsp3) is 0.500. The molecule has 2 aromatic rings. The van der Waals surface area contributed by atoms with E-state index in [1.165, 1.54) is 46.7 Å². The highest BCUT2D eigenvalue weighted by Crippen LogP contribution is 2.27. The van der Waals surface area contributed by atoms with E-state index >= 15 is 0 Å². The minimum Gasteiger partial charge on any atom is -0.331 e. The minimum atomic E-state index is 0.809. The lowest BCUT2D eigenvalue weighted by atomic mass is 9.89. The van der Waals surface area contributed by atoms with Crippen LogP contribution in [0.1, 0.15) is 32.1 Å². The SMILES string of the molecule is S=c1[nH]c2cc(I)ccc2n1CC1CCCCC1. The molecule has 0 amide bonds. The first-order valence-corrected chi connectivity index (χ1v) is 8.11. The van der Waals surface area contributed by atoms with E-state index in [-0.39, 0.29) is 0 Å². The molecule has 0 saturated heterocycles. The number of hydrogen-bond acceptors (Lipinski definition) is 1. The van der Waals surface area contributed by atoms with E-state index in [2.05, 4.69) is 50.3 Å². The molecule has 0 atom stereocenters. The summed E-state index contributed by atoms with van der Waals surface area (Å²) in [5, 5.41) is 0. The number of rotatable bonds is 2. The average Bonchev–Trinajstić information content (AvgIpc) is 2.66. The second-order valence-electron chi connectivity index (χ2n) is 5.21. The van der Waals surface area contributed by atoms with Crippen LogP contribution in [0.5, 0.6) is 0 Å². The van der Waals surface area contributed by atoms with Crippen LogP contribution in [0, 0.1) is 14.3 Å². The molecule has 18 heavy (non-hydrogen) atoms. The van der Waals surface area contributed by atoms with Crippen LogP contribution in [-0.4, -0.2) is 9.55 Å². The van der Waals surface area contributed by atoms with Crippen LogP contribution < -0.4 is 0 Å². The topological polar surface area (TPSA) is 20.7 Å². The molecule has 4 heteroatoms. The molecule has 1 N–H and O–H groups in total. The van der Waals surface area contributed by atoms with Gasteiger partial charge in [-0.25, -0.2) is 0 Å². The predicted octanol–water partition coefficient (Wildman–Crippen LogP) is 4.88. The predicted molar refractivity (Wildman–Crippen MR) is 86.4 cm³/mol. The van der Waals surface area contributed by atoms with Crippen molar-refractivity contribution in [1.82, 2.24) is 9.55 Å². The fourth-order valence-corrected chi connectivity index (χ4v) is 3.72. The van der Waals surface area contributed by atoms with Crippen LogP contribution in [0.3, 0.4) is 0 Å². The lowest BCUT2D eigenvalue weighted by Crippen LogP contribution is -2.14. The quantitative estimate of drug-likeness (QED) is 0.588. The molecule has 1 aromatic heterocycles. The average molecular weight is 372 g/mol. The van der Waals surface area contributed by atoms with E-state index in [1.807, 2.05) is 0 Å². The summed E-state index contributed by atoms with van der Waals surface area (Å²) in [7, 11) is 0. The van der Waals surface area contributed by atoms with Crippen molar-refractivity contribution in [2.45, 2.75) is 38.6 Å². The molecule has 0 bridgehead atoms. The number of fused-ring (bicyclic) bond motifs is 1.